The molecular formula is C13H19N. The molecule has 1 saturated carbocycles. The number of para-hydroxylation sites is 1. The molecule has 1 nitrogen and oxygen atoms in total. The maximum atomic E-state index is 3.44. The molecule has 0 heterocycles. The summed E-state index contributed by atoms with van der Waals surface area (Å²) >= 11 is 0. The van der Waals surface area contributed by atoms with Crippen molar-refractivity contribution < 1.29 is 0 Å². The molecule has 2 rings (SSSR count). The predicted molar refractivity (Wildman–Crippen MR) is 61.5 cm³/mol. The number of hydrogen-bond acceptors (Lipinski definition) is 1. The van der Waals surface area contributed by atoms with E-state index in [1.165, 1.54) is 37.8 Å². The summed E-state index contributed by atoms with van der Waals surface area (Å²) in [5, 5.41) is 3.44. The molecule has 0 atom stereocenters. The molecule has 0 radical (unpaired) electrons. The molecule has 0 saturated heterocycles. The van der Waals surface area contributed by atoms with E-state index in [9.17, 15) is 0 Å². The molecule has 0 aromatic heterocycles. The van der Waals surface area contributed by atoms with Gasteiger partial charge in [-0.3, -0.25) is 0 Å². The lowest BCUT2D eigenvalue weighted by Gasteiger charge is -2.05. The smallest absolute Gasteiger partial charge is 0.0340 e. The predicted octanol–water partition coefficient (Wildman–Crippen LogP) is 3.68. The molecule has 1 aromatic carbocycles. The summed E-state index contributed by atoms with van der Waals surface area (Å²) in [7, 11) is 0. The molecule has 0 amide bonds. The van der Waals surface area contributed by atoms with Crippen molar-refractivity contribution >= 4 is 5.69 Å². The van der Waals surface area contributed by atoms with Gasteiger partial charge in [-0.05, 0) is 24.5 Å². The van der Waals surface area contributed by atoms with Crippen molar-refractivity contribution in [2.24, 2.45) is 5.92 Å². The number of nitrogens with one attached hydrogen (secondary N) is 1. The lowest BCUT2D eigenvalue weighted by Crippen LogP contribution is -2.00. The SMILES string of the molecule is c1ccc(NCCCCC2CC2)cc1. The highest BCUT2D eigenvalue weighted by molar-refractivity contribution is 5.42. The third-order valence-electron chi connectivity index (χ3n) is 2.84. The van der Waals surface area contributed by atoms with Crippen molar-refractivity contribution in [1.82, 2.24) is 0 Å². The van der Waals surface area contributed by atoms with Crippen LogP contribution in [-0.4, -0.2) is 6.54 Å². The Morgan fingerprint density at radius 1 is 1.07 bits per heavy atom. The molecule has 1 heteroatoms. The van der Waals surface area contributed by atoms with Crippen LogP contribution >= 0.6 is 0 Å². The third kappa shape index (κ3) is 3.41. The number of unbranched alkanes of at least 4 members (excludes halogenated alkanes) is 1. The maximum Gasteiger partial charge on any atom is 0.0340 e. The molecule has 76 valence electrons. The second-order valence-electron chi connectivity index (χ2n) is 4.23. The second kappa shape index (κ2) is 5.04. The first kappa shape index (κ1) is 9.57. The number of benzene rings is 1. The first-order valence-electron chi connectivity index (χ1n) is 5.74. The van der Waals surface area contributed by atoms with Crippen molar-refractivity contribution in [3.8, 4) is 0 Å². The first-order chi connectivity index (χ1) is 6.95. The monoisotopic (exact) mass is 189 g/mol. The molecule has 0 spiro atoms. The molecule has 14 heavy (non-hydrogen) atoms. The van der Waals surface area contributed by atoms with Gasteiger partial charge in [0.2, 0.25) is 0 Å². The summed E-state index contributed by atoms with van der Waals surface area (Å²) in [6, 6.07) is 10.5. The fourth-order valence-corrected chi connectivity index (χ4v) is 1.75. The summed E-state index contributed by atoms with van der Waals surface area (Å²) in [5.74, 6) is 1.09. The van der Waals surface area contributed by atoms with Crippen molar-refractivity contribution in [2.45, 2.75) is 32.1 Å². The molecular weight excluding hydrogens is 170 g/mol. The van der Waals surface area contributed by atoms with Gasteiger partial charge in [-0.1, -0.05) is 43.9 Å². The van der Waals surface area contributed by atoms with Gasteiger partial charge >= 0.3 is 0 Å². The van der Waals surface area contributed by atoms with E-state index in [0.29, 0.717) is 0 Å². The van der Waals surface area contributed by atoms with Gasteiger partial charge in [-0.15, -0.1) is 0 Å². The van der Waals surface area contributed by atoms with Gasteiger partial charge in [0.15, 0.2) is 0 Å². The van der Waals surface area contributed by atoms with Gasteiger partial charge in [0, 0.05) is 12.2 Å². The maximum absolute atomic E-state index is 3.44. The van der Waals surface area contributed by atoms with Gasteiger partial charge in [0.1, 0.15) is 0 Å². The largest absolute Gasteiger partial charge is 0.385 e. The van der Waals surface area contributed by atoms with Crippen LogP contribution in [0.5, 0.6) is 0 Å². The summed E-state index contributed by atoms with van der Waals surface area (Å²) < 4.78 is 0. The topological polar surface area (TPSA) is 12.0 Å². The lowest BCUT2D eigenvalue weighted by atomic mass is 10.2. The Bertz CT molecular complexity index is 251. The highest BCUT2D eigenvalue weighted by Crippen LogP contribution is 2.33. The number of hydrogen-bond donors (Lipinski definition) is 1. The molecule has 0 unspecified atom stereocenters. The molecule has 1 fully saturated rings. The fourth-order valence-electron chi connectivity index (χ4n) is 1.75. The van der Waals surface area contributed by atoms with E-state index >= 15 is 0 Å². The van der Waals surface area contributed by atoms with Crippen LogP contribution in [0.2, 0.25) is 0 Å². The third-order valence-corrected chi connectivity index (χ3v) is 2.84. The Kier molecular flexibility index (Phi) is 3.44. The molecule has 0 aliphatic heterocycles. The minimum absolute atomic E-state index is 1.09. The van der Waals surface area contributed by atoms with E-state index in [4.69, 9.17) is 0 Å². The van der Waals surface area contributed by atoms with E-state index in [-0.39, 0.29) is 0 Å². The van der Waals surface area contributed by atoms with Gasteiger partial charge in [0.25, 0.3) is 0 Å². The Labute approximate surface area is 86.5 Å². The van der Waals surface area contributed by atoms with Crippen molar-refractivity contribution in [3.05, 3.63) is 30.3 Å². The van der Waals surface area contributed by atoms with E-state index in [2.05, 4.69) is 35.6 Å². The van der Waals surface area contributed by atoms with E-state index in [0.717, 1.165) is 12.5 Å². The second-order valence-corrected chi connectivity index (χ2v) is 4.23. The highest BCUT2D eigenvalue weighted by atomic mass is 14.9. The van der Waals surface area contributed by atoms with E-state index in [1.54, 1.807) is 0 Å². The summed E-state index contributed by atoms with van der Waals surface area (Å²) in [6.07, 6.45) is 7.14. The summed E-state index contributed by atoms with van der Waals surface area (Å²) in [5.41, 5.74) is 1.25. The molecule has 0 bridgehead atoms. The van der Waals surface area contributed by atoms with Crippen molar-refractivity contribution in [3.63, 3.8) is 0 Å². The van der Waals surface area contributed by atoms with Crippen molar-refractivity contribution in [1.29, 1.82) is 0 Å². The zero-order valence-electron chi connectivity index (χ0n) is 8.71. The van der Waals surface area contributed by atoms with Crippen LogP contribution in [0.3, 0.4) is 0 Å². The molecule has 1 aliphatic carbocycles. The minimum Gasteiger partial charge on any atom is -0.385 e. The van der Waals surface area contributed by atoms with E-state index < -0.39 is 0 Å². The minimum atomic E-state index is 1.09. The molecule has 1 aromatic rings. The van der Waals surface area contributed by atoms with Crippen LogP contribution in [0.4, 0.5) is 5.69 Å². The number of rotatable bonds is 6. The Morgan fingerprint density at radius 3 is 2.57 bits per heavy atom. The van der Waals surface area contributed by atoms with Gasteiger partial charge in [0.05, 0.1) is 0 Å². The fraction of sp³-hybridized carbons (Fsp3) is 0.538. The zero-order chi connectivity index (χ0) is 9.64. The molecule has 1 N–H and O–H groups in total. The van der Waals surface area contributed by atoms with Gasteiger partial charge < -0.3 is 5.32 Å². The standard InChI is InChI=1S/C13H19N/c1-2-7-13(8-3-1)14-11-5-4-6-12-9-10-12/h1-3,7-8,12,14H,4-6,9-11H2. The first-order valence-corrected chi connectivity index (χ1v) is 5.74. The van der Waals surface area contributed by atoms with Gasteiger partial charge in [-0.25, -0.2) is 0 Å². The Hall–Kier alpha value is -0.980. The lowest BCUT2D eigenvalue weighted by molar-refractivity contribution is 0.642. The normalized spacial score (nSPS) is 15.4. The van der Waals surface area contributed by atoms with Crippen LogP contribution in [0.15, 0.2) is 30.3 Å². The Balaban J connectivity index is 1.54. The van der Waals surface area contributed by atoms with Crippen molar-refractivity contribution in [2.75, 3.05) is 11.9 Å². The highest BCUT2D eigenvalue weighted by Gasteiger charge is 2.19. The van der Waals surface area contributed by atoms with Crippen LogP contribution < -0.4 is 5.32 Å². The zero-order valence-corrected chi connectivity index (χ0v) is 8.71. The van der Waals surface area contributed by atoms with Crippen LogP contribution in [0, 0.1) is 5.92 Å². The van der Waals surface area contributed by atoms with E-state index in [1.807, 2.05) is 0 Å². The van der Waals surface area contributed by atoms with Crippen LogP contribution in [-0.2, 0) is 0 Å². The number of anilines is 1. The molecule has 1 aliphatic rings. The van der Waals surface area contributed by atoms with Gasteiger partial charge in [-0.2, -0.15) is 0 Å². The average molecular weight is 189 g/mol. The summed E-state index contributed by atoms with van der Waals surface area (Å²) in [4.78, 5) is 0. The van der Waals surface area contributed by atoms with Crippen LogP contribution in [0.25, 0.3) is 0 Å². The van der Waals surface area contributed by atoms with Crippen LogP contribution in [0.1, 0.15) is 32.1 Å². The Morgan fingerprint density at radius 2 is 1.86 bits per heavy atom. The average Bonchev–Trinajstić information content (AvgIpc) is 3.03. The summed E-state index contributed by atoms with van der Waals surface area (Å²) in [6.45, 7) is 1.12. The quantitative estimate of drug-likeness (QED) is 0.673.